The lowest BCUT2D eigenvalue weighted by atomic mass is 9.99. The van der Waals surface area contributed by atoms with Crippen molar-refractivity contribution in [3.05, 3.63) is 87.5 Å². The molecule has 1 aliphatic carbocycles. The van der Waals surface area contributed by atoms with Gasteiger partial charge in [-0.15, -0.1) is 0 Å². The second-order valence-electron chi connectivity index (χ2n) is 8.18. The number of halogens is 1. The molecule has 3 aromatic rings. The second kappa shape index (κ2) is 10.2. The van der Waals surface area contributed by atoms with E-state index < -0.39 is 5.97 Å². The van der Waals surface area contributed by atoms with Crippen LogP contribution in [0, 0.1) is 13.8 Å². The van der Waals surface area contributed by atoms with Crippen LogP contribution in [0.15, 0.2) is 48.8 Å². The molecule has 170 valence electrons. The fourth-order valence-corrected chi connectivity index (χ4v) is 4.34. The first kappa shape index (κ1) is 23.0. The lowest BCUT2D eigenvalue weighted by Gasteiger charge is -2.16. The first-order chi connectivity index (χ1) is 16.0. The zero-order chi connectivity index (χ0) is 23.4. The molecule has 1 aromatic heterocycles. The molecular formula is C27H27ClN2O3. The molecule has 0 bridgehead atoms. The number of rotatable bonds is 7. The molecule has 0 spiro atoms. The fourth-order valence-electron chi connectivity index (χ4n) is 4.17. The molecule has 0 aliphatic heterocycles. The van der Waals surface area contributed by atoms with Gasteiger partial charge in [-0.2, -0.15) is 0 Å². The highest BCUT2D eigenvalue weighted by atomic mass is 35.5. The van der Waals surface area contributed by atoms with Crippen molar-refractivity contribution in [1.82, 2.24) is 9.97 Å². The van der Waals surface area contributed by atoms with Crippen LogP contribution < -0.4 is 4.74 Å². The number of hydrogen-bond donors (Lipinski definition) is 0. The van der Waals surface area contributed by atoms with Gasteiger partial charge in [0.1, 0.15) is 12.4 Å². The van der Waals surface area contributed by atoms with Gasteiger partial charge in [0, 0.05) is 10.6 Å². The average Bonchev–Trinajstić information content (AvgIpc) is 3.29. The molecule has 1 heterocycles. The Morgan fingerprint density at radius 1 is 1.06 bits per heavy atom. The third kappa shape index (κ3) is 5.25. The number of benzene rings is 2. The highest BCUT2D eigenvalue weighted by Crippen LogP contribution is 2.43. The van der Waals surface area contributed by atoms with E-state index in [1.54, 1.807) is 13.1 Å². The number of ether oxygens (including phenoxy) is 2. The molecular weight excluding hydrogens is 436 g/mol. The molecule has 0 fully saturated rings. The zero-order valence-electron chi connectivity index (χ0n) is 19.2. The van der Waals surface area contributed by atoms with Crippen molar-refractivity contribution in [2.45, 2.75) is 46.6 Å². The number of allylic oxidation sites excluding steroid dienone is 2. The lowest BCUT2D eigenvalue weighted by Crippen LogP contribution is -2.09. The van der Waals surface area contributed by atoms with E-state index in [2.05, 4.69) is 42.0 Å². The second-order valence-corrected chi connectivity index (χ2v) is 8.62. The Labute approximate surface area is 199 Å². The molecule has 2 aromatic carbocycles. The molecule has 0 radical (unpaired) electrons. The summed E-state index contributed by atoms with van der Waals surface area (Å²) in [6, 6.07) is 12.1. The Bertz CT molecular complexity index is 1220. The molecule has 0 unspecified atom stereocenters. The Hall–Kier alpha value is -3.18. The standard InChI is InChI=1S/C27H27ClN2O3/c1-4-32-27(31)25-15-29-14-24(30-25)22-7-5-6-21(22)23-13-20(28)10-11-26(23)33-16-19-9-8-17(2)12-18(19)3/h8-15H,4-7,16H2,1-3H3. The summed E-state index contributed by atoms with van der Waals surface area (Å²) in [5.41, 5.74) is 7.64. The summed E-state index contributed by atoms with van der Waals surface area (Å²) in [5, 5.41) is 0.647. The maximum atomic E-state index is 12.2. The van der Waals surface area contributed by atoms with Gasteiger partial charge in [-0.05, 0) is 80.5 Å². The van der Waals surface area contributed by atoms with E-state index in [-0.39, 0.29) is 5.69 Å². The lowest BCUT2D eigenvalue weighted by molar-refractivity contribution is 0.0519. The maximum Gasteiger partial charge on any atom is 0.358 e. The molecule has 5 nitrogen and oxygen atoms in total. The van der Waals surface area contributed by atoms with Crippen molar-refractivity contribution in [2.75, 3.05) is 6.61 Å². The van der Waals surface area contributed by atoms with E-state index in [0.29, 0.717) is 23.9 Å². The van der Waals surface area contributed by atoms with Crippen LogP contribution in [0.3, 0.4) is 0 Å². The molecule has 6 heteroatoms. The SMILES string of the molecule is CCOC(=O)c1cncc(C2=C(c3cc(Cl)ccc3OCc3ccc(C)cc3C)CCC2)n1. The van der Waals surface area contributed by atoms with Crippen molar-refractivity contribution < 1.29 is 14.3 Å². The maximum absolute atomic E-state index is 12.2. The van der Waals surface area contributed by atoms with Crippen LogP contribution in [-0.2, 0) is 11.3 Å². The van der Waals surface area contributed by atoms with Crippen LogP contribution in [0.5, 0.6) is 5.75 Å². The van der Waals surface area contributed by atoms with Gasteiger partial charge in [0.15, 0.2) is 5.69 Å². The number of aryl methyl sites for hydroxylation is 2. The minimum Gasteiger partial charge on any atom is -0.488 e. The first-order valence-electron chi connectivity index (χ1n) is 11.2. The molecule has 1 aliphatic rings. The predicted octanol–water partition coefficient (Wildman–Crippen LogP) is 6.60. The normalized spacial score (nSPS) is 13.3. The summed E-state index contributed by atoms with van der Waals surface area (Å²) in [4.78, 5) is 20.9. The molecule has 33 heavy (non-hydrogen) atoms. The van der Waals surface area contributed by atoms with Crippen LogP contribution >= 0.6 is 11.6 Å². The molecule has 0 amide bonds. The number of esters is 1. The quantitative estimate of drug-likeness (QED) is 0.370. The van der Waals surface area contributed by atoms with E-state index in [1.165, 1.54) is 17.3 Å². The van der Waals surface area contributed by atoms with Gasteiger partial charge in [0.25, 0.3) is 0 Å². The van der Waals surface area contributed by atoms with Crippen molar-refractivity contribution in [3.63, 3.8) is 0 Å². The summed E-state index contributed by atoms with van der Waals surface area (Å²) in [5.74, 6) is 0.315. The highest BCUT2D eigenvalue weighted by molar-refractivity contribution is 6.30. The third-order valence-corrected chi connectivity index (χ3v) is 6.03. The summed E-state index contributed by atoms with van der Waals surface area (Å²) in [7, 11) is 0. The van der Waals surface area contributed by atoms with E-state index >= 15 is 0 Å². The molecule has 0 N–H and O–H groups in total. The van der Waals surface area contributed by atoms with Gasteiger partial charge in [-0.1, -0.05) is 35.4 Å². The first-order valence-corrected chi connectivity index (χ1v) is 11.5. The molecule has 0 saturated carbocycles. The summed E-state index contributed by atoms with van der Waals surface area (Å²) in [6.07, 6.45) is 5.85. The number of carbonyl (C=O) groups is 1. The van der Waals surface area contributed by atoms with E-state index in [4.69, 9.17) is 21.1 Å². The predicted molar refractivity (Wildman–Crippen MR) is 130 cm³/mol. The Kier molecular flexibility index (Phi) is 7.09. The number of aromatic nitrogens is 2. The number of nitrogens with zero attached hydrogens (tertiary/aromatic N) is 2. The van der Waals surface area contributed by atoms with Crippen molar-refractivity contribution in [3.8, 4) is 5.75 Å². The van der Waals surface area contributed by atoms with Gasteiger partial charge < -0.3 is 9.47 Å². The number of carbonyl (C=O) groups excluding carboxylic acids is 1. The minimum absolute atomic E-state index is 0.213. The van der Waals surface area contributed by atoms with Gasteiger partial charge in [0.2, 0.25) is 0 Å². The fraction of sp³-hybridized carbons (Fsp3) is 0.296. The van der Waals surface area contributed by atoms with Gasteiger partial charge in [-0.25, -0.2) is 9.78 Å². The summed E-state index contributed by atoms with van der Waals surface area (Å²) < 4.78 is 11.4. The van der Waals surface area contributed by atoms with E-state index in [9.17, 15) is 4.79 Å². The van der Waals surface area contributed by atoms with Gasteiger partial charge in [0.05, 0.1) is 24.7 Å². The van der Waals surface area contributed by atoms with Gasteiger partial charge in [-0.3, -0.25) is 4.98 Å². The molecule has 0 saturated heterocycles. The van der Waals surface area contributed by atoms with Crippen LogP contribution in [0.25, 0.3) is 11.1 Å². The topological polar surface area (TPSA) is 61.3 Å². The van der Waals surface area contributed by atoms with Gasteiger partial charge >= 0.3 is 5.97 Å². The minimum atomic E-state index is -0.466. The van der Waals surface area contributed by atoms with Crippen molar-refractivity contribution in [2.24, 2.45) is 0 Å². The monoisotopic (exact) mass is 462 g/mol. The largest absolute Gasteiger partial charge is 0.488 e. The average molecular weight is 463 g/mol. The van der Waals surface area contributed by atoms with Crippen molar-refractivity contribution in [1.29, 1.82) is 0 Å². The number of hydrogen-bond acceptors (Lipinski definition) is 5. The Balaban J connectivity index is 1.69. The van der Waals surface area contributed by atoms with Crippen LogP contribution in [0.2, 0.25) is 5.02 Å². The van der Waals surface area contributed by atoms with E-state index in [1.807, 2.05) is 18.2 Å². The third-order valence-electron chi connectivity index (χ3n) is 5.79. The smallest absolute Gasteiger partial charge is 0.358 e. The van der Waals surface area contributed by atoms with Crippen molar-refractivity contribution >= 4 is 28.7 Å². The Morgan fingerprint density at radius 2 is 1.88 bits per heavy atom. The molecule has 4 rings (SSSR count). The Morgan fingerprint density at radius 3 is 2.67 bits per heavy atom. The van der Waals surface area contributed by atoms with Crippen LogP contribution in [0.1, 0.15) is 64.6 Å². The zero-order valence-corrected chi connectivity index (χ0v) is 19.9. The summed E-state index contributed by atoms with van der Waals surface area (Å²) >= 11 is 6.38. The van der Waals surface area contributed by atoms with Crippen LogP contribution in [0.4, 0.5) is 0 Å². The van der Waals surface area contributed by atoms with E-state index in [0.717, 1.165) is 47.3 Å². The van der Waals surface area contributed by atoms with Crippen LogP contribution in [-0.4, -0.2) is 22.5 Å². The summed E-state index contributed by atoms with van der Waals surface area (Å²) in [6.45, 7) is 6.72. The molecule has 0 atom stereocenters. The highest BCUT2D eigenvalue weighted by Gasteiger charge is 2.23.